The van der Waals surface area contributed by atoms with Gasteiger partial charge in [-0.05, 0) is 66.9 Å². The van der Waals surface area contributed by atoms with Gasteiger partial charge in [-0.2, -0.15) is 0 Å². The first-order chi connectivity index (χ1) is 18.5. The molecule has 1 atom stereocenters. The first-order valence-corrected chi connectivity index (χ1v) is 12.7. The van der Waals surface area contributed by atoms with E-state index in [0.717, 1.165) is 18.4 Å². The van der Waals surface area contributed by atoms with Gasteiger partial charge in [0.05, 0.1) is 31.9 Å². The van der Waals surface area contributed by atoms with Gasteiger partial charge in [-0.25, -0.2) is 0 Å². The topological polar surface area (TPSA) is 98.2 Å². The Balaban J connectivity index is 1.83. The van der Waals surface area contributed by atoms with Crippen LogP contribution < -0.4 is 14.2 Å². The summed E-state index contributed by atoms with van der Waals surface area (Å²) in [6.45, 7) is 5.06. The molecule has 3 aromatic rings. The largest absolute Gasteiger partial charge is 0.507 e. The Bertz CT molecular complexity index is 1300. The Morgan fingerprint density at radius 3 is 2.47 bits per heavy atom. The minimum atomic E-state index is -0.846. The fourth-order valence-corrected chi connectivity index (χ4v) is 4.39. The minimum Gasteiger partial charge on any atom is -0.507 e. The number of aromatic nitrogens is 1. The SMILES string of the molecule is CCCCOc1ccc(C2/C(=C(\O)c3ccc(OC)cc3)C(=O)C(=O)N2Cc2cccnc2)cc1OCC. The van der Waals surface area contributed by atoms with Crippen LogP contribution in [0.2, 0.25) is 0 Å². The number of rotatable bonds is 11. The van der Waals surface area contributed by atoms with Crippen molar-refractivity contribution < 1.29 is 28.9 Å². The average Bonchev–Trinajstić information content (AvgIpc) is 3.19. The Labute approximate surface area is 222 Å². The molecule has 8 nitrogen and oxygen atoms in total. The van der Waals surface area contributed by atoms with Gasteiger partial charge in [0.1, 0.15) is 11.5 Å². The van der Waals surface area contributed by atoms with Gasteiger partial charge in [0.15, 0.2) is 11.5 Å². The zero-order valence-corrected chi connectivity index (χ0v) is 21.8. The lowest BCUT2D eigenvalue weighted by atomic mass is 9.94. The molecule has 0 aliphatic carbocycles. The molecule has 1 unspecified atom stereocenters. The summed E-state index contributed by atoms with van der Waals surface area (Å²) < 4.78 is 17.0. The third kappa shape index (κ3) is 5.64. The lowest BCUT2D eigenvalue weighted by molar-refractivity contribution is -0.140. The number of carbonyl (C=O) groups excluding carboxylic acids is 2. The Morgan fingerprint density at radius 2 is 1.82 bits per heavy atom. The van der Waals surface area contributed by atoms with Crippen molar-refractivity contribution >= 4 is 17.4 Å². The van der Waals surface area contributed by atoms with Gasteiger partial charge in [0.2, 0.25) is 0 Å². The summed E-state index contributed by atoms with van der Waals surface area (Å²) in [6.07, 6.45) is 5.19. The monoisotopic (exact) mass is 516 g/mol. The summed E-state index contributed by atoms with van der Waals surface area (Å²) in [5.74, 6) is -0.00871. The number of likely N-dealkylation sites (tertiary alicyclic amines) is 1. The summed E-state index contributed by atoms with van der Waals surface area (Å²) in [6, 6.07) is 14.8. The van der Waals surface area contributed by atoms with Gasteiger partial charge in [0, 0.05) is 24.5 Å². The van der Waals surface area contributed by atoms with Crippen molar-refractivity contribution in [3.63, 3.8) is 0 Å². The third-order valence-electron chi connectivity index (χ3n) is 6.32. The summed E-state index contributed by atoms with van der Waals surface area (Å²) in [5.41, 5.74) is 1.79. The number of hydrogen-bond acceptors (Lipinski definition) is 7. The van der Waals surface area contributed by atoms with Gasteiger partial charge >= 0.3 is 0 Å². The number of ketones is 1. The normalized spacial score (nSPS) is 16.5. The maximum atomic E-state index is 13.4. The Morgan fingerprint density at radius 1 is 1.03 bits per heavy atom. The number of Topliss-reactive ketones (excluding diaryl/α,β-unsaturated/α-hetero) is 1. The van der Waals surface area contributed by atoms with Crippen LogP contribution in [0.15, 0.2) is 72.6 Å². The van der Waals surface area contributed by atoms with Gasteiger partial charge in [-0.15, -0.1) is 0 Å². The van der Waals surface area contributed by atoms with E-state index in [-0.39, 0.29) is 17.9 Å². The third-order valence-corrected chi connectivity index (χ3v) is 6.32. The first-order valence-electron chi connectivity index (χ1n) is 12.7. The molecule has 1 saturated heterocycles. The van der Waals surface area contributed by atoms with E-state index in [0.29, 0.717) is 41.6 Å². The van der Waals surface area contributed by atoms with Crippen molar-refractivity contribution in [1.82, 2.24) is 9.88 Å². The van der Waals surface area contributed by atoms with Crippen LogP contribution in [0, 0.1) is 0 Å². The average molecular weight is 517 g/mol. The second kappa shape index (κ2) is 12.3. The molecule has 1 aliphatic rings. The van der Waals surface area contributed by atoms with E-state index in [9.17, 15) is 14.7 Å². The molecule has 198 valence electrons. The standard InChI is InChI=1S/C30H32N2O6/c1-4-6-16-38-24-14-11-22(17-25(24)37-5-2)27-26(28(33)21-9-12-23(36-3)13-10-21)29(34)30(35)32(27)19-20-8-7-15-31-18-20/h7-15,17-18,27,33H,4-6,16,19H2,1-3H3/b28-26+. The van der Waals surface area contributed by atoms with Gasteiger partial charge in [-0.1, -0.05) is 25.5 Å². The molecule has 1 fully saturated rings. The van der Waals surface area contributed by atoms with Crippen molar-refractivity contribution in [1.29, 1.82) is 0 Å². The van der Waals surface area contributed by atoms with Crippen LogP contribution in [-0.4, -0.2) is 47.0 Å². The first kappa shape index (κ1) is 26.7. The predicted molar refractivity (Wildman–Crippen MR) is 143 cm³/mol. The van der Waals surface area contributed by atoms with E-state index in [2.05, 4.69) is 11.9 Å². The van der Waals surface area contributed by atoms with E-state index in [1.54, 1.807) is 68.0 Å². The van der Waals surface area contributed by atoms with Crippen molar-refractivity contribution in [3.05, 3.63) is 89.3 Å². The molecule has 8 heteroatoms. The number of benzene rings is 2. The molecule has 0 radical (unpaired) electrons. The van der Waals surface area contributed by atoms with Crippen molar-refractivity contribution in [2.24, 2.45) is 0 Å². The van der Waals surface area contributed by atoms with E-state index >= 15 is 0 Å². The van der Waals surface area contributed by atoms with Gasteiger partial charge < -0.3 is 24.2 Å². The lowest BCUT2D eigenvalue weighted by Gasteiger charge is -2.26. The highest BCUT2D eigenvalue weighted by Gasteiger charge is 2.46. The fraction of sp³-hybridized carbons (Fsp3) is 0.300. The number of pyridine rings is 1. The van der Waals surface area contributed by atoms with Crippen LogP contribution in [0.25, 0.3) is 5.76 Å². The maximum Gasteiger partial charge on any atom is 0.295 e. The molecule has 1 amide bonds. The highest BCUT2D eigenvalue weighted by atomic mass is 16.5. The number of aliphatic hydroxyl groups is 1. The van der Waals surface area contributed by atoms with Gasteiger partial charge in [-0.3, -0.25) is 14.6 Å². The number of carbonyl (C=O) groups is 2. The minimum absolute atomic E-state index is 0.00570. The zero-order valence-electron chi connectivity index (χ0n) is 21.8. The molecule has 1 aliphatic heterocycles. The molecule has 1 aromatic heterocycles. The number of amides is 1. The molecule has 0 saturated carbocycles. The second-order valence-electron chi connectivity index (χ2n) is 8.86. The molecular formula is C30H32N2O6. The number of ether oxygens (including phenoxy) is 3. The molecule has 0 spiro atoms. The lowest BCUT2D eigenvalue weighted by Crippen LogP contribution is -2.29. The number of hydrogen-bond donors (Lipinski definition) is 1. The van der Waals surface area contributed by atoms with Crippen LogP contribution in [0.1, 0.15) is 49.4 Å². The number of aliphatic hydroxyl groups excluding tert-OH is 1. The number of unbranched alkanes of at least 4 members (excludes halogenated alkanes) is 1. The predicted octanol–water partition coefficient (Wildman–Crippen LogP) is 5.29. The highest BCUT2D eigenvalue weighted by Crippen LogP contribution is 2.43. The Hall–Kier alpha value is -4.33. The maximum absolute atomic E-state index is 13.4. The highest BCUT2D eigenvalue weighted by molar-refractivity contribution is 6.46. The van der Waals surface area contributed by atoms with Crippen LogP contribution in [0.3, 0.4) is 0 Å². The van der Waals surface area contributed by atoms with Crippen LogP contribution >= 0.6 is 0 Å². The van der Waals surface area contributed by atoms with Crippen LogP contribution in [-0.2, 0) is 16.1 Å². The molecule has 2 aromatic carbocycles. The van der Waals surface area contributed by atoms with E-state index in [4.69, 9.17) is 14.2 Å². The molecule has 1 N–H and O–H groups in total. The van der Waals surface area contributed by atoms with Crippen molar-refractivity contribution in [2.75, 3.05) is 20.3 Å². The summed E-state index contributed by atoms with van der Waals surface area (Å²) in [7, 11) is 1.55. The smallest absolute Gasteiger partial charge is 0.295 e. The summed E-state index contributed by atoms with van der Waals surface area (Å²) in [4.78, 5) is 32.3. The van der Waals surface area contributed by atoms with E-state index < -0.39 is 17.7 Å². The van der Waals surface area contributed by atoms with Crippen molar-refractivity contribution in [2.45, 2.75) is 39.3 Å². The number of nitrogens with zero attached hydrogens (tertiary/aromatic N) is 2. The fourth-order valence-electron chi connectivity index (χ4n) is 4.39. The van der Waals surface area contributed by atoms with Crippen molar-refractivity contribution in [3.8, 4) is 17.2 Å². The molecule has 0 bridgehead atoms. The van der Waals surface area contributed by atoms with Crippen LogP contribution in [0.5, 0.6) is 17.2 Å². The number of methoxy groups -OCH3 is 1. The van der Waals surface area contributed by atoms with E-state index in [1.807, 2.05) is 13.0 Å². The Kier molecular flexibility index (Phi) is 8.63. The molecule has 2 heterocycles. The molecule has 38 heavy (non-hydrogen) atoms. The quantitative estimate of drug-likeness (QED) is 0.160. The summed E-state index contributed by atoms with van der Waals surface area (Å²) in [5, 5.41) is 11.3. The van der Waals surface area contributed by atoms with Crippen LogP contribution in [0.4, 0.5) is 0 Å². The van der Waals surface area contributed by atoms with E-state index in [1.165, 1.54) is 4.90 Å². The zero-order chi connectivity index (χ0) is 27.1. The molecule has 4 rings (SSSR count). The second-order valence-corrected chi connectivity index (χ2v) is 8.86. The molecular weight excluding hydrogens is 484 g/mol. The van der Waals surface area contributed by atoms with Gasteiger partial charge in [0.25, 0.3) is 11.7 Å². The summed E-state index contributed by atoms with van der Waals surface area (Å²) >= 11 is 0.